The first kappa shape index (κ1) is 15.6. The molecule has 0 amide bonds. The summed E-state index contributed by atoms with van der Waals surface area (Å²) in [7, 11) is 4.12. The number of nitrogens with one attached hydrogen (secondary N) is 1. The predicted molar refractivity (Wildman–Crippen MR) is 100 cm³/mol. The summed E-state index contributed by atoms with van der Waals surface area (Å²) >= 11 is 0. The number of pyridine rings is 2. The minimum atomic E-state index is 0.522. The van der Waals surface area contributed by atoms with Crippen molar-refractivity contribution in [1.29, 1.82) is 0 Å². The van der Waals surface area contributed by atoms with Crippen LogP contribution in [0.1, 0.15) is 5.56 Å². The van der Waals surface area contributed by atoms with E-state index in [-0.39, 0.29) is 0 Å². The lowest BCUT2D eigenvalue weighted by Gasteiger charge is -2.14. The van der Waals surface area contributed by atoms with Gasteiger partial charge in [-0.3, -0.25) is 4.98 Å². The summed E-state index contributed by atoms with van der Waals surface area (Å²) < 4.78 is 0. The molecule has 0 saturated carbocycles. The number of rotatable bonds is 5. The van der Waals surface area contributed by atoms with Crippen LogP contribution in [0.2, 0.25) is 0 Å². The van der Waals surface area contributed by atoms with E-state index in [1.807, 2.05) is 24.4 Å². The smallest absolute Gasteiger partial charge is 0.134 e. The standard InChI is InChI=1S/C18H19N7/c1-25(2)8-7-20-18-14-5-6-19-10-15(14)13-4-3-12(9-16(13)22-18)17-11-21-24-23-17/h3-6,9-10H,7-8,11H2,1-2H3,(H,20,22). The number of hydrogen-bond acceptors (Lipinski definition) is 7. The number of nitrogens with zero attached hydrogens (tertiary/aromatic N) is 6. The largest absolute Gasteiger partial charge is 0.368 e. The van der Waals surface area contributed by atoms with Crippen LogP contribution in [-0.4, -0.2) is 54.3 Å². The first-order chi connectivity index (χ1) is 12.2. The Hall–Kier alpha value is -2.93. The average Bonchev–Trinajstić information content (AvgIpc) is 3.16. The molecule has 0 spiro atoms. The Bertz CT molecular complexity index is 991. The van der Waals surface area contributed by atoms with Gasteiger partial charge in [-0.2, -0.15) is 5.11 Å². The molecule has 3 heterocycles. The van der Waals surface area contributed by atoms with E-state index < -0.39 is 0 Å². The van der Waals surface area contributed by atoms with Crippen molar-refractivity contribution in [2.75, 3.05) is 39.0 Å². The zero-order chi connectivity index (χ0) is 17.2. The van der Waals surface area contributed by atoms with Gasteiger partial charge in [-0.25, -0.2) is 4.98 Å². The summed E-state index contributed by atoms with van der Waals surface area (Å²) in [5, 5.41) is 18.4. The van der Waals surface area contributed by atoms with E-state index in [0.717, 1.165) is 51.9 Å². The maximum Gasteiger partial charge on any atom is 0.134 e. The highest BCUT2D eigenvalue weighted by Crippen LogP contribution is 2.29. The third-order valence-corrected chi connectivity index (χ3v) is 4.23. The molecule has 1 aliphatic rings. The van der Waals surface area contributed by atoms with Gasteiger partial charge in [-0.1, -0.05) is 12.1 Å². The van der Waals surface area contributed by atoms with Crippen molar-refractivity contribution in [1.82, 2.24) is 14.9 Å². The lowest BCUT2D eigenvalue weighted by molar-refractivity contribution is 0.425. The fraction of sp³-hybridized carbons (Fsp3) is 0.278. The van der Waals surface area contributed by atoms with E-state index in [2.05, 4.69) is 50.8 Å². The predicted octanol–water partition coefficient (Wildman–Crippen LogP) is 2.93. The molecule has 1 N–H and O–H groups in total. The van der Waals surface area contributed by atoms with Crippen LogP contribution in [0.4, 0.5) is 5.82 Å². The highest BCUT2D eigenvalue weighted by atomic mass is 15.4. The van der Waals surface area contributed by atoms with Crippen LogP contribution in [0.25, 0.3) is 21.7 Å². The Morgan fingerprint density at radius 2 is 2.04 bits per heavy atom. The zero-order valence-electron chi connectivity index (χ0n) is 14.3. The second-order valence-corrected chi connectivity index (χ2v) is 6.28. The van der Waals surface area contributed by atoms with Crippen molar-refractivity contribution in [3.8, 4) is 0 Å². The van der Waals surface area contributed by atoms with E-state index in [1.54, 1.807) is 6.20 Å². The molecular weight excluding hydrogens is 314 g/mol. The molecule has 0 saturated heterocycles. The van der Waals surface area contributed by atoms with E-state index in [0.29, 0.717) is 6.54 Å². The molecule has 0 unspecified atom stereocenters. The van der Waals surface area contributed by atoms with Gasteiger partial charge in [-0.05, 0) is 31.5 Å². The molecule has 0 aliphatic carbocycles. The van der Waals surface area contributed by atoms with Crippen molar-refractivity contribution in [3.05, 3.63) is 42.2 Å². The molecular formula is C18H19N7. The van der Waals surface area contributed by atoms with Crippen LogP contribution >= 0.6 is 0 Å². The number of aromatic nitrogens is 2. The Balaban J connectivity index is 1.81. The van der Waals surface area contributed by atoms with Crippen LogP contribution in [0.15, 0.2) is 52.1 Å². The van der Waals surface area contributed by atoms with Crippen molar-refractivity contribution < 1.29 is 0 Å². The Morgan fingerprint density at radius 1 is 1.12 bits per heavy atom. The lowest BCUT2D eigenvalue weighted by atomic mass is 10.0. The monoisotopic (exact) mass is 333 g/mol. The van der Waals surface area contributed by atoms with Crippen molar-refractivity contribution >= 4 is 33.2 Å². The van der Waals surface area contributed by atoms with Crippen LogP contribution in [-0.2, 0) is 0 Å². The first-order valence-corrected chi connectivity index (χ1v) is 8.22. The zero-order valence-corrected chi connectivity index (χ0v) is 14.3. The molecule has 0 bridgehead atoms. The number of benzene rings is 1. The van der Waals surface area contributed by atoms with Crippen molar-refractivity contribution in [2.45, 2.75) is 0 Å². The van der Waals surface area contributed by atoms with Gasteiger partial charge in [0.2, 0.25) is 0 Å². The second kappa shape index (κ2) is 6.52. The van der Waals surface area contributed by atoms with E-state index in [4.69, 9.17) is 4.98 Å². The molecule has 1 aliphatic heterocycles. The van der Waals surface area contributed by atoms with Crippen LogP contribution in [0.5, 0.6) is 0 Å². The maximum absolute atomic E-state index is 4.86. The molecule has 2 aromatic heterocycles. The highest BCUT2D eigenvalue weighted by Gasteiger charge is 2.12. The van der Waals surface area contributed by atoms with Gasteiger partial charge in [0.25, 0.3) is 0 Å². The summed E-state index contributed by atoms with van der Waals surface area (Å²) in [4.78, 5) is 11.3. The molecule has 0 radical (unpaired) electrons. The van der Waals surface area contributed by atoms with Gasteiger partial charge < -0.3 is 10.2 Å². The summed E-state index contributed by atoms with van der Waals surface area (Å²) in [6.45, 7) is 2.29. The van der Waals surface area contributed by atoms with Gasteiger partial charge in [0.15, 0.2) is 0 Å². The van der Waals surface area contributed by atoms with E-state index >= 15 is 0 Å². The van der Waals surface area contributed by atoms with Crippen LogP contribution in [0, 0.1) is 0 Å². The molecule has 7 heteroatoms. The Labute approximate surface area is 145 Å². The molecule has 126 valence electrons. The van der Waals surface area contributed by atoms with Gasteiger partial charge >= 0.3 is 0 Å². The normalized spacial score (nSPS) is 13.8. The van der Waals surface area contributed by atoms with Crippen LogP contribution < -0.4 is 5.32 Å². The Morgan fingerprint density at radius 3 is 2.84 bits per heavy atom. The molecule has 0 fully saturated rings. The summed E-state index contributed by atoms with van der Waals surface area (Å²) in [5.41, 5.74) is 2.80. The third-order valence-electron chi connectivity index (χ3n) is 4.23. The van der Waals surface area contributed by atoms with Gasteiger partial charge in [0, 0.05) is 47.2 Å². The fourth-order valence-corrected chi connectivity index (χ4v) is 2.93. The lowest BCUT2D eigenvalue weighted by Crippen LogP contribution is -2.21. The second-order valence-electron chi connectivity index (χ2n) is 6.28. The average molecular weight is 333 g/mol. The topological polar surface area (TPSA) is 78.1 Å². The molecule has 25 heavy (non-hydrogen) atoms. The van der Waals surface area contributed by atoms with E-state index in [9.17, 15) is 0 Å². The van der Waals surface area contributed by atoms with Crippen LogP contribution in [0.3, 0.4) is 0 Å². The summed E-state index contributed by atoms with van der Waals surface area (Å²) in [6, 6.07) is 8.18. The van der Waals surface area contributed by atoms with Gasteiger partial charge in [0.1, 0.15) is 12.4 Å². The molecule has 1 aromatic carbocycles. The maximum atomic E-state index is 4.86. The van der Waals surface area contributed by atoms with Crippen molar-refractivity contribution in [2.24, 2.45) is 15.4 Å². The summed E-state index contributed by atoms with van der Waals surface area (Å²) in [6.07, 6.45) is 3.70. The van der Waals surface area contributed by atoms with Crippen molar-refractivity contribution in [3.63, 3.8) is 0 Å². The SMILES string of the molecule is CN(C)CCNc1nc2cc(C3=NN=NC3)ccc2c2cnccc12. The van der Waals surface area contributed by atoms with Gasteiger partial charge in [0.05, 0.1) is 11.2 Å². The summed E-state index contributed by atoms with van der Waals surface area (Å²) in [5.74, 6) is 0.881. The minimum Gasteiger partial charge on any atom is -0.368 e. The first-order valence-electron chi connectivity index (χ1n) is 8.22. The highest BCUT2D eigenvalue weighted by molar-refractivity contribution is 6.12. The Kier molecular flexibility index (Phi) is 4.07. The molecule has 4 rings (SSSR count). The number of fused-ring (bicyclic) bond motifs is 3. The van der Waals surface area contributed by atoms with E-state index in [1.165, 1.54) is 0 Å². The number of likely N-dealkylation sites (N-methyl/N-ethyl adjacent to an activating group) is 1. The van der Waals surface area contributed by atoms with Gasteiger partial charge in [-0.15, -0.1) is 5.10 Å². The minimum absolute atomic E-state index is 0.522. The third kappa shape index (κ3) is 3.06. The number of anilines is 1. The molecule has 7 nitrogen and oxygen atoms in total. The quantitative estimate of drug-likeness (QED) is 0.728. The number of hydrogen-bond donors (Lipinski definition) is 1. The fourth-order valence-electron chi connectivity index (χ4n) is 2.93. The molecule has 0 atom stereocenters. The molecule has 3 aromatic rings.